The van der Waals surface area contributed by atoms with E-state index in [-0.39, 0.29) is 6.54 Å². The van der Waals surface area contributed by atoms with Crippen LogP contribution in [-0.4, -0.2) is 25.0 Å². The Labute approximate surface area is 158 Å². The van der Waals surface area contributed by atoms with Crippen molar-refractivity contribution in [3.8, 4) is 16.9 Å². The summed E-state index contributed by atoms with van der Waals surface area (Å²) in [5.41, 5.74) is 2.39. The smallest absolute Gasteiger partial charge is 0.452 e. The number of fused-ring (bicyclic) bond motifs is 2. The quantitative estimate of drug-likeness (QED) is 0.662. The predicted octanol–water partition coefficient (Wildman–Crippen LogP) is 4.42. The van der Waals surface area contributed by atoms with Crippen LogP contribution in [0.15, 0.2) is 60.7 Å². The van der Waals surface area contributed by atoms with Crippen molar-refractivity contribution in [1.29, 1.82) is 0 Å². The average Bonchev–Trinajstić information content (AvgIpc) is 2.88. The van der Waals surface area contributed by atoms with Crippen molar-refractivity contribution >= 4 is 16.7 Å². The van der Waals surface area contributed by atoms with Crippen molar-refractivity contribution in [2.24, 2.45) is 0 Å². The van der Waals surface area contributed by atoms with Gasteiger partial charge >= 0.3 is 12.1 Å². The third-order valence-electron chi connectivity index (χ3n) is 4.52. The number of hydrogen-bond donors (Lipinski definition) is 1. The summed E-state index contributed by atoms with van der Waals surface area (Å²) in [4.78, 5) is 11.2. The van der Waals surface area contributed by atoms with Gasteiger partial charge in [0, 0.05) is 17.7 Å². The molecule has 3 aromatic carbocycles. The molecule has 1 heterocycles. The van der Waals surface area contributed by atoms with Gasteiger partial charge in [-0.1, -0.05) is 60.7 Å². The number of para-hydroxylation sites is 1. The predicted molar refractivity (Wildman–Crippen MR) is 97.7 cm³/mol. The Kier molecular flexibility index (Phi) is 4.68. The Balaban J connectivity index is 1.76. The van der Waals surface area contributed by atoms with E-state index < -0.39 is 18.4 Å². The van der Waals surface area contributed by atoms with E-state index in [0.29, 0.717) is 12.3 Å². The molecule has 0 radical (unpaired) electrons. The SMILES string of the molecule is O=C(OC1CNCc2cccc(-c3cccc4ccccc34)c2O1)C(F)(F)F. The maximum Gasteiger partial charge on any atom is 0.491 e. The number of nitrogens with one attached hydrogen (secondary N) is 1. The first-order chi connectivity index (χ1) is 13.4. The molecule has 4 rings (SSSR count). The monoisotopic (exact) mass is 387 g/mol. The lowest BCUT2D eigenvalue weighted by atomic mass is 9.96. The van der Waals surface area contributed by atoms with Crippen LogP contribution < -0.4 is 10.1 Å². The molecule has 7 heteroatoms. The normalized spacial score (nSPS) is 16.8. The van der Waals surface area contributed by atoms with Crippen molar-refractivity contribution in [2.75, 3.05) is 6.54 Å². The van der Waals surface area contributed by atoms with Gasteiger partial charge in [-0.25, -0.2) is 4.79 Å². The molecule has 0 saturated heterocycles. The van der Waals surface area contributed by atoms with Gasteiger partial charge in [-0.05, 0) is 16.3 Å². The molecular weight excluding hydrogens is 371 g/mol. The molecule has 28 heavy (non-hydrogen) atoms. The van der Waals surface area contributed by atoms with E-state index in [1.54, 1.807) is 0 Å². The van der Waals surface area contributed by atoms with Gasteiger partial charge in [0.15, 0.2) is 0 Å². The molecule has 1 atom stereocenters. The highest BCUT2D eigenvalue weighted by molar-refractivity contribution is 5.98. The summed E-state index contributed by atoms with van der Waals surface area (Å²) in [6.07, 6.45) is -6.46. The van der Waals surface area contributed by atoms with Crippen molar-refractivity contribution in [3.05, 3.63) is 66.2 Å². The lowest BCUT2D eigenvalue weighted by Crippen LogP contribution is -2.37. The summed E-state index contributed by atoms with van der Waals surface area (Å²) in [6, 6.07) is 19.2. The van der Waals surface area contributed by atoms with Crippen molar-refractivity contribution in [2.45, 2.75) is 19.0 Å². The molecule has 0 saturated carbocycles. The summed E-state index contributed by atoms with van der Waals surface area (Å²) >= 11 is 0. The average molecular weight is 387 g/mol. The fraction of sp³-hybridized carbons (Fsp3) is 0.190. The van der Waals surface area contributed by atoms with Crippen LogP contribution >= 0.6 is 0 Å². The maximum atomic E-state index is 12.6. The van der Waals surface area contributed by atoms with Crippen LogP contribution in [0.2, 0.25) is 0 Å². The Bertz CT molecular complexity index is 1030. The zero-order valence-electron chi connectivity index (χ0n) is 14.6. The van der Waals surface area contributed by atoms with Crippen LogP contribution in [0.4, 0.5) is 13.2 Å². The van der Waals surface area contributed by atoms with E-state index in [9.17, 15) is 18.0 Å². The number of halogens is 3. The summed E-state index contributed by atoms with van der Waals surface area (Å²) in [6.45, 7) is 0.333. The van der Waals surface area contributed by atoms with Crippen LogP contribution in [0.25, 0.3) is 21.9 Å². The molecule has 144 valence electrons. The molecule has 0 amide bonds. The first-order valence-corrected chi connectivity index (χ1v) is 8.69. The second-order valence-corrected chi connectivity index (χ2v) is 6.40. The number of rotatable bonds is 2. The molecule has 0 fully saturated rings. The molecule has 0 aliphatic carbocycles. The number of hydrogen-bond acceptors (Lipinski definition) is 4. The zero-order valence-corrected chi connectivity index (χ0v) is 14.6. The number of esters is 1. The summed E-state index contributed by atoms with van der Waals surface area (Å²) in [7, 11) is 0. The number of alkyl halides is 3. The molecule has 1 aliphatic rings. The summed E-state index contributed by atoms with van der Waals surface area (Å²) in [5, 5.41) is 4.98. The van der Waals surface area contributed by atoms with E-state index in [4.69, 9.17) is 4.74 Å². The summed E-state index contributed by atoms with van der Waals surface area (Å²) < 4.78 is 48.0. The van der Waals surface area contributed by atoms with Gasteiger partial charge in [0.2, 0.25) is 0 Å². The fourth-order valence-electron chi connectivity index (χ4n) is 3.29. The Morgan fingerprint density at radius 3 is 2.54 bits per heavy atom. The molecular formula is C21H16F3NO3. The molecule has 1 unspecified atom stereocenters. The molecule has 4 nitrogen and oxygen atoms in total. The Morgan fingerprint density at radius 2 is 1.71 bits per heavy atom. The standard InChI is InChI=1S/C21H16F3NO3/c22-21(23,24)20(26)28-18-12-25-11-14-7-4-10-17(19(14)27-18)16-9-3-6-13-5-1-2-8-15(13)16/h1-10,18,25H,11-12H2. The number of ether oxygens (including phenoxy) is 2. The van der Waals surface area contributed by atoms with Crippen LogP contribution in [0.3, 0.4) is 0 Å². The van der Waals surface area contributed by atoms with Crippen molar-refractivity contribution < 1.29 is 27.4 Å². The zero-order chi connectivity index (χ0) is 19.7. The highest BCUT2D eigenvalue weighted by Crippen LogP contribution is 2.38. The van der Waals surface area contributed by atoms with Crippen LogP contribution in [-0.2, 0) is 16.1 Å². The molecule has 0 bridgehead atoms. The van der Waals surface area contributed by atoms with Gasteiger partial charge in [-0.15, -0.1) is 0 Å². The molecule has 1 N–H and O–H groups in total. The van der Waals surface area contributed by atoms with E-state index in [1.807, 2.05) is 60.7 Å². The fourth-order valence-corrected chi connectivity index (χ4v) is 3.29. The Morgan fingerprint density at radius 1 is 1.00 bits per heavy atom. The highest BCUT2D eigenvalue weighted by atomic mass is 19.4. The van der Waals surface area contributed by atoms with E-state index in [2.05, 4.69) is 10.1 Å². The third-order valence-corrected chi connectivity index (χ3v) is 4.52. The van der Waals surface area contributed by atoms with Gasteiger partial charge in [-0.3, -0.25) is 0 Å². The topological polar surface area (TPSA) is 47.6 Å². The third kappa shape index (κ3) is 3.53. The number of carbonyl (C=O) groups excluding carboxylic acids is 1. The second kappa shape index (κ2) is 7.16. The van der Waals surface area contributed by atoms with Gasteiger partial charge < -0.3 is 14.8 Å². The molecule has 1 aliphatic heterocycles. The first-order valence-electron chi connectivity index (χ1n) is 8.69. The van der Waals surface area contributed by atoms with Gasteiger partial charge in [0.25, 0.3) is 6.29 Å². The highest BCUT2D eigenvalue weighted by Gasteiger charge is 2.43. The molecule has 0 spiro atoms. The van der Waals surface area contributed by atoms with Crippen LogP contribution in [0, 0.1) is 0 Å². The minimum atomic E-state index is -5.08. The van der Waals surface area contributed by atoms with Crippen molar-refractivity contribution in [1.82, 2.24) is 5.32 Å². The lowest BCUT2D eigenvalue weighted by Gasteiger charge is -2.20. The van der Waals surface area contributed by atoms with Crippen molar-refractivity contribution in [3.63, 3.8) is 0 Å². The molecule has 3 aromatic rings. The number of carbonyl (C=O) groups is 1. The Hall–Kier alpha value is -3.06. The van der Waals surface area contributed by atoms with Gasteiger partial charge in [-0.2, -0.15) is 13.2 Å². The second-order valence-electron chi connectivity index (χ2n) is 6.40. The van der Waals surface area contributed by atoms with Gasteiger partial charge in [0.1, 0.15) is 5.75 Å². The van der Waals surface area contributed by atoms with Crippen LogP contribution in [0.5, 0.6) is 5.75 Å². The maximum absolute atomic E-state index is 12.6. The van der Waals surface area contributed by atoms with E-state index in [0.717, 1.165) is 27.5 Å². The van der Waals surface area contributed by atoms with Gasteiger partial charge in [0.05, 0.1) is 6.54 Å². The van der Waals surface area contributed by atoms with E-state index >= 15 is 0 Å². The van der Waals surface area contributed by atoms with Crippen LogP contribution in [0.1, 0.15) is 5.56 Å². The number of benzene rings is 3. The molecule has 0 aromatic heterocycles. The lowest BCUT2D eigenvalue weighted by molar-refractivity contribution is -0.215. The minimum Gasteiger partial charge on any atom is -0.452 e. The minimum absolute atomic E-state index is 0.0501. The first kappa shape index (κ1) is 18.3. The van der Waals surface area contributed by atoms with E-state index in [1.165, 1.54) is 0 Å². The largest absolute Gasteiger partial charge is 0.491 e. The summed E-state index contributed by atoms with van der Waals surface area (Å²) in [5.74, 6) is -1.87.